The molecule has 2 rings (SSSR count). The Hall–Kier alpha value is -1.07. The second-order valence-corrected chi connectivity index (χ2v) is 6.91. The lowest BCUT2D eigenvalue weighted by Gasteiger charge is -2.15. The van der Waals surface area contributed by atoms with E-state index in [-0.39, 0.29) is 10.3 Å². The number of nitrogen functional groups attached to an aromatic ring is 1. The highest BCUT2D eigenvalue weighted by Crippen LogP contribution is 2.49. The molecule has 1 fully saturated rings. The summed E-state index contributed by atoms with van der Waals surface area (Å²) in [4.78, 5) is 0.245. The first-order chi connectivity index (χ1) is 8.47. The minimum atomic E-state index is -3.42. The average Bonchev–Trinajstić information content (AvgIpc) is 3.08. The van der Waals surface area contributed by atoms with Crippen LogP contribution in [0.3, 0.4) is 0 Å². The molecule has 0 radical (unpaired) electrons. The van der Waals surface area contributed by atoms with E-state index in [4.69, 9.17) is 5.73 Å². The maximum Gasteiger partial charge on any atom is 0.240 e. The van der Waals surface area contributed by atoms with Crippen molar-refractivity contribution in [2.24, 2.45) is 5.41 Å². The topological polar surface area (TPSA) is 72.2 Å². The Morgan fingerprint density at radius 3 is 2.67 bits per heavy atom. The Balaban J connectivity index is 2.04. The third-order valence-electron chi connectivity index (χ3n) is 3.54. The van der Waals surface area contributed by atoms with Gasteiger partial charge in [0.05, 0.1) is 4.90 Å². The van der Waals surface area contributed by atoms with E-state index in [1.165, 1.54) is 6.07 Å². The van der Waals surface area contributed by atoms with E-state index in [9.17, 15) is 8.42 Å². The van der Waals surface area contributed by atoms with E-state index in [1.807, 2.05) is 0 Å². The highest BCUT2D eigenvalue weighted by atomic mass is 32.2. The smallest absolute Gasteiger partial charge is 0.240 e. The number of anilines is 1. The molecule has 18 heavy (non-hydrogen) atoms. The predicted molar refractivity (Wildman–Crippen MR) is 72.6 cm³/mol. The zero-order valence-electron chi connectivity index (χ0n) is 10.6. The molecule has 1 aromatic rings. The van der Waals surface area contributed by atoms with Gasteiger partial charge in [0.15, 0.2) is 0 Å². The molecule has 5 heteroatoms. The van der Waals surface area contributed by atoms with Gasteiger partial charge in [-0.2, -0.15) is 0 Å². The van der Waals surface area contributed by atoms with Crippen LogP contribution in [0.5, 0.6) is 0 Å². The Labute approximate surface area is 109 Å². The van der Waals surface area contributed by atoms with Gasteiger partial charge in [0.1, 0.15) is 0 Å². The summed E-state index contributed by atoms with van der Waals surface area (Å²) in [5.74, 6) is 0. The number of hydrogen-bond acceptors (Lipinski definition) is 3. The molecule has 0 aromatic heterocycles. The largest absolute Gasteiger partial charge is 0.399 e. The summed E-state index contributed by atoms with van der Waals surface area (Å²) in [5.41, 5.74) is 6.28. The maximum atomic E-state index is 12.1. The summed E-state index contributed by atoms with van der Waals surface area (Å²) in [5, 5.41) is 0. The third kappa shape index (κ3) is 3.03. The van der Waals surface area contributed by atoms with Crippen molar-refractivity contribution in [3.8, 4) is 0 Å². The lowest BCUT2D eigenvalue weighted by atomic mass is 10.0. The first kappa shape index (κ1) is 13.4. The standard InChI is InChI=1S/C13H20N2O2S/c1-2-6-13(7-8-13)10-15-18(16,17)12-5-3-4-11(14)9-12/h3-5,9,15H,2,6-8,10,14H2,1H3. The van der Waals surface area contributed by atoms with Crippen molar-refractivity contribution in [3.05, 3.63) is 24.3 Å². The molecule has 0 heterocycles. The molecule has 1 aromatic carbocycles. The normalized spacial score (nSPS) is 17.6. The lowest BCUT2D eigenvalue weighted by molar-refractivity contribution is 0.449. The van der Waals surface area contributed by atoms with Gasteiger partial charge in [0.2, 0.25) is 10.0 Å². The summed E-state index contributed by atoms with van der Waals surface area (Å²) in [7, 11) is -3.42. The van der Waals surface area contributed by atoms with E-state index in [2.05, 4.69) is 11.6 Å². The molecule has 0 aliphatic heterocycles. The van der Waals surface area contributed by atoms with Gasteiger partial charge in [-0.05, 0) is 42.9 Å². The highest BCUT2D eigenvalue weighted by Gasteiger charge is 2.42. The van der Waals surface area contributed by atoms with Crippen LogP contribution < -0.4 is 10.5 Å². The number of nitrogens with two attached hydrogens (primary N) is 1. The lowest BCUT2D eigenvalue weighted by Crippen LogP contribution is -2.30. The van der Waals surface area contributed by atoms with Crippen LogP contribution in [0.4, 0.5) is 5.69 Å². The molecule has 0 spiro atoms. The van der Waals surface area contributed by atoms with Crippen LogP contribution in [0.2, 0.25) is 0 Å². The van der Waals surface area contributed by atoms with Crippen molar-refractivity contribution in [2.45, 2.75) is 37.5 Å². The average molecular weight is 268 g/mol. The second-order valence-electron chi connectivity index (χ2n) is 5.15. The van der Waals surface area contributed by atoms with Gasteiger partial charge in [-0.15, -0.1) is 0 Å². The highest BCUT2D eigenvalue weighted by molar-refractivity contribution is 7.89. The van der Waals surface area contributed by atoms with Crippen LogP contribution in [0.1, 0.15) is 32.6 Å². The predicted octanol–water partition coefficient (Wildman–Crippen LogP) is 2.13. The van der Waals surface area contributed by atoms with Crippen molar-refractivity contribution in [1.29, 1.82) is 0 Å². The minimum absolute atomic E-state index is 0.210. The van der Waals surface area contributed by atoms with Crippen LogP contribution >= 0.6 is 0 Å². The monoisotopic (exact) mass is 268 g/mol. The number of rotatable bonds is 6. The molecule has 0 amide bonds. The fourth-order valence-corrected chi connectivity index (χ4v) is 3.45. The first-order valence-corrected chi connectivity index (χ1v) is 7.81. The number of nitrogens with one attached hydrogen (secondary N) is 1. The van der Waals surface area contributed by atoms with E-state index in [1.54, 1.807) is 18.2 Å². The van der Waals surface area contributed by atoms with Gasteiger partial charge >= 0.3 is 0 Å². The molecule has 1 aliphatic rings. The molecule has 1 saturated carbocycles. The second kappa shape index (κ2) is 4.90. The van der Waals surface area contributed by atoms with Gasteiger partial charge in [0.25, 0.3) is 0 Å². The fourth-order valence-electron chi connectivity index (χ4n) is 2.24. The van der Waals surface area contributed by atoms with Crippen LogP contribution in [0, 0.1) is 5.41 Å². The molecule has 0 atom stereocenters. The van der Waals surface area contributed by atoms with Crippen LogP contribution in [-0.2, 0) is 10.0 Å². The van der Waals surface area contributed by atoms with Crippen molar-refractivity contribution < 1.29 is 8.42 Å². The van der Waals surface area contributed by atoms with Gasteiger partial charge in [-0.1, -0.05) is 19.4 Å². The third-order valence-corrected chi connectivity index (χ3v) is 4.94. The van der Waals surface area contributed by atoms with Gasteiger partial charge in [-0.25, -0.2) is 13.1 Å². The molecule has 3 N–H and O–H groups in total. The van der Waals surface area contributed by atoms with Gasteiger partial charge in [-0.3, -0.25) is 0 Å². The zero-order chi connectivity index (χ0) is 13.2. The van der Waals surface area contributed by atoms with E-state index >= 15 is 0 Å². The molecule has 0 saturated heterocycles. The minimum Gasteiger partial charge on any atom is -0.399 e. The van der Waals surface area contributed by atoms with Crippen LogP contribution in [0.25, 0.3) is 0 Å². The van der Waals surface area contributed by atoms with Crippen LogP contribution in [-0.4, -0.2) is 15.0 Å². The quantitative estimate of drug-likeness (QED) is 0.776. The van der Waals surface area contributed by atoms with Crippen molar-refractivity contribution in [2.75, 3.05) is 12.3 Å². The Morgan fingerprint density at radius 1 is 1.39 bits per heavy atom. The van der Waals surface area contributed by atoms with Crippen molar-refractivity contribution in [1.82, 2.24) is 4.72 Å². The van der Waals surface area contributed by atoms with Gasteiger partial charge in [0, 0.05) is 12.2 Å². The number of sulfonamides is 1. The van der Waals surface area contributed by atoms with E-state index in [0.29, 0.717) is 12.2 Å². The van der Waals surface area contributed by atoms with Crippen molar-refractivity contribution in [3.63, 3.8) is 0 Å². The SMILES string of the molecule is CCCC1(CNS(=O)(=O)c2cccc(N)c2)CC1. The van der Waals surface area contributed by atoms with Crippen LogP contribution in [0.15, 0.2) is 29.2 Å². The molecular weight excluding hydrogens is 248 g/mol. The van der Waals surface area contributed by atoms with Gasteiger partial charge < -0.3 is 5.73 Å². The summed E-state index contributed by atoms with van der Waals surface area (Å²) < 4.78 is 26.9. The van der Waals surface area contributed by atoms with E-state index in [0.717, 1.165) is 25.7 Å². The first-order valence-electron chi connectivity index (χ1n) is 6.33. The number of hydrogen-bond donors (Lipinski definition) is 2. The Morgan fingerprint density at radius 2 is 2.11 bits per heavy atom. The fraction of sp³-hybridized carbons (Fsp3) is 0.538. The molecule has 4 nitrogen and oxygen atoms in total. The Kier molecular flexibility index (Phi) is 3.64. The molecule has 0 unspecified atom stereocenters. The Bertz CT molecular complexity index is 522. The molecule has 1 aliphatic carbocycles. The number of benzene rings is 1. The molecular formula is C13H20N2O2S. The summed E-state index contributed by atoms with van der Waals surface area (Å²) in [6, 6.07) is 6.39. The van der Waals surface area contributed by atoms with E-state index < -0.39 is 10.0 Å². The molecule has 0 bridgehead atoms. The zero-order valence-corrected chi connectivity index (χ0v) is 11.5. The molecule has 100 valence electrons. The summed E-state index contributed by atoms with van der Waals surface area (Å²) in [6.07, 6.45) is 4.44. The van der Waals surface area contributed by atoms with Crippen molar-refractivity contribution >= 4 is 15.7 Å². The maximum absolute atomic E-state index is 12.1. The summed E-state index contributed by atoms with van der Waals surface area (Å²) >= 11 is 0. The summed E-state index contributed by atoms with van der Waals surface area (Å²) in [6.45, 7) is 2.67.